The molecular weight excluding hydrogens is 388 g/mol. The number of para-hydroxylation sites is 1. The Bertz CT molecular complexity index is 1290. The predicted octanol–water partition coefficient (Wildman–Crippen LogP) is 0.955. The summed E-state index contributed by atoms with van der Waals surface area (Å²) in [5.74, 6) is 0. The van der Waals surface area contributed by atoms with E-state index in [0.29, 0.717) is 22.5 Å². The second kappa shape index (κ2) is 6.85. The monoisotopic (exact) mass is 411 g/mol. The minimum atomic E-state index is -0.137. The van der Waals surface area contributed by atoms with E-state index < -0.39 is 0 Å². The first-order valence-electron chi connectivity index (χ1n) is 9.81. The largest absolute Gasteiger partial charge is 0.369 e. The zero-order chi connectivity index (χ0) is 20.1. The highest BCUT2D eigenvalue weighted by atomic mass is 32.1. The average molecular weight is 412 g/mol. The molecule has 4 heterocycles. The van der Waals surface area contributed by atoms with Gasteiger partial charge in [-0.25, -0.2) is 19.6 Å². The summed E-state index contributed by atoms with van der Waals surface area (Å²) >= 11 is 1.51. The standard InChI is InChI=1S/C20H22N6O2S/c1-3-15-18-14(12-17(27)26(15)24-10-8-23(2)9-11-24)22-25(19(18)28)20-21-13-6-4-5-7-16(13)29-20/h4-7,12,22H,3,8-11H2,1-2H3/p+1. The summed E-state index contributed by atoms with van der Waals surface area (Å²) < 4.78 is 4.30. The van der Waals surface area contributed by atoms with Crippen LogP contribution in [0.4, 0.5) is 0 Å². The lowest BCUT2D eigenvalue weighted by atomic mass is 10.2. The highest BCUT2D eigenvalue weighted by molar-refractivity contribution is 7.20. The van der Waals surface area contributed by atoms with Gasteiger partial charge in [-0.15, -0.1) is 0 Å². The summed E-state index contributed by atoms with van der Waals surface area (Å²) in [5.41, 5.74) is 2.08. The van der Waals surface area contributed by atoms with E-state index in [1.807, 2.05) is 31.2 Å². The van der Waals surface area contributed by atoms with Crippen LogP contribution in [0.3, 0.4) is 0 Å². The van der Waals surface area contributed by atoms with E-state index in [2.05, 4.69) is 27.0 Å². The van der Waals surface area contributed by atoms with E-state index in [4.69, 9.17) is 0 Å². The van der Waals surface area contributed by atoms with Crippen molar-refractivity contribution in [3.63, 3.8) is 0 Å². The second-order valence-electron chi connectivity index (χ2n) is 7.42. The Morgan fingerprint density at radius 1 is 1.14 bits per heavy atom. The third kappa shape index (κ3) is 2.89. The zero-order valence-corrected chi connectivity index (χ0v) is 17.3. The molecule has 2 N–H and O–H groups in total. The van der Waals surface area contributed by atoms with Crippen molar-refractivity contribution >= 4 is 32.5 Å². The molecule has 0 atom stereocenters. The Hall–Kier alpha value is -2.91. The number of nitrogens with one attached hydrogen (secondary N) is 2. The molecule has 5 rings (SSSR count). The maximum Gasteiger partial charge on any atom is 0.369 e. The van der Waals surface area contributed by atoms with Crippen LogP contribution < -0.4 is 21.1 Å². The fraction of sp³-hybridized carbons (Fsp3) is 0.350. The Morgan fingerprint density at radius 3 is 2.62 bits per heavy atom. The van der Waals surface area contributed by atoms with Crippen LogP contribution >= 0.6 is 11.3 Å². The molecule has 0 spiro atoms. The Morgan fingerprint density at radius 2 is 1.90 bits per heavy atom. The maximum absolute atomic E-state index is 13.4. The molecule has 0 amide bonds. The molecule has 150 valence electrons. The first-order chi connectivity index (χ1) is 14.1. The van der Waals surface area contributed by atoms with Crippen molar-refractivity contribution in [3.05, 3.63) is 56.7 Å². The summed E-state index contributed by atoms with van der Waals surface area (Å²) in [6.07, 6.45) is 0.599. The van der Waals surface area contributed by atoms with E-state index in [9.17, 15) is 9.59 Å². The number of hydrogen-bond acceptors (Lipinski definition) is 5. The van der Waals surface area contributed by atoms with Crippen LogP contribution in [0.1, 0.15) is 12.6 Å². The molecule has 0 saturated carbocycles. The first kappa shape index (κ1) is 18.1. The van der Waals surface area contributed by atoms with Gasteiger partial charge in [0, 0.05) is 32.2 Å². The number of hydrogen-bond donors (Lipinski definition) is 1. The third-order valence-electron chi connectivity index (χ3n) is 5.58. The normalized spacial score (nSPS) is 15.6. The minimum absolute atomic E-state index is 0.104. The molecule has 0 radical (unpaired) electrons. The highest BCUT2D eigenvalue weighted by Crippen LogP contribution is 2.21. The summed E-state index contributed by atoms with van der Waals surface area (Å²) in [5, 5.41) is 6.48. The fourth-order valence-electron chi connectivity index (χ4n) is 4.04. The van der Waals surface area contributed by atoms with E-state index in [0.717, 1.165) is 42.1 Å². The SMILES string of the molecule is CCc1c2c(=O)n(-c3[nH+]c4ccccc4s3)[nH]c2cc(=O)n1N1CCN(C)CC1. The van der Waals surface area contributed by atoms with E-state index in [1.54, 1.807) is 4.68 Å². The number of aromatic amines is 2. The van der Waals surface area contributed by atoms with E-state index in [-0.39, 0.29) is 11.1 Å². The number of fused-ring (bicyclic) bond motifs is 2. The number of H-pyrrole nitrogens is 2. The number of pyridine rings is 1. The number of aryl methyl sites for hydroxylation is 1. The van der Waals surface area contributed by atoms with Crippen molar-refractivity contribution in [1.29, 1.82) is 0 Å². The van der Waals surface area contributed by atoms with E-state index >= 15 is 0 Å². The van der Waals surface area contributed by atoms with E-state index in [1.165, 1.54) is 22.1 Å². The van der Waals surface area contributed by atoms with Gasteiger partial charge >= 0.3 is 10.7 Å². The van der Waals surface area contributed by atoms with Gasteiger partial charge in [-0.2, -0.15) is 0 Å². The maximum atomic E-state index is 13.4. The van der Waals surface area contributed by atoms with Gasteiger partial charge in [0.15, 0.2) is 0 Å². The van der Waals surface area contributed by atoms with Crippen LogP contribution in [0.5, 0.6) is 0 Å². The van der Waals surface area contributed by atoms with Crippen LogP contribution in [0.2, 0.25) is 0 Å². The zero-order valence-electron chi connectivity index (χ0n) is 16.4. The van der Waals surface area contributed by atoms with Crippen LogP contribution in [-0.2, 0) is 6.42 Å². The number of benzene rings is 1. The molecule has 1 aromatic carbocycles. The summed E-state index contributed by atoms with van der Waals surface area (Å²) in [7, 11) is 2.08. The minimum Gasteiger partial charge on any atom is -0.307 e. The number of piperazine rings is 1. The van der Waals surface area contributed by atoms with Crippen molar-refractivity contribution in [2.24, 2.45) is 0 Å². The molecule has 0 aliphatic carbocycles. The van der Waals surface area contributed by atoms with Gasteiger partial charge in [0.25, 0.3) is 5.56 Å². The molecule has 3 aromatic heterocycles. The quantitative estimate of drug-likeness (QED) is 0.545. The van der Waals surface area contributed by atoms with Gasteiger partial charge in [-0.05, 0) is 36.9 Å². The van der Waals surface area contributed by atoms with Gasteiger partial charge in [-0.3, -0.25) is 4.79 Å². The van der Waals surface area contributed by atoms with Crippen LogP contribution in [-0.4, -0.2) is 52.6 Å². The highest BCUT2D eigenvalue weighted by Gasteiger charge is 2.26. The predicted molar refractivity (Wildman–Crippen MR) is 115 cm³/mol. The molecule has 9 heteroatoms. The number of aromatic nitrogens is 4. The van der Waals surface area contributed by atoms with Crippen molar-refractivity contribution in [2.45, 2.75) is 13.3 Å². The number of nitrogens with zero attached hydrogens (tertiary/aromatic N) is 4. The lowest BCUT2D eigenvalue weighted by Crippen LogP contribution is -2.54. The average Bonchev–Trinajstić information content (AvgIpc) is 3.29. The number of thiazole rings is 1. The van der Waals surface area contributed by atoms with Crippen molar-refractivity contribution in [1.82, 2.24) is 19.4 Å². The number of rotatable bonds is 3. The Balaban J connectivity index is 1.71. The van der Waals surface area contributed by atoms with Gasteiger partial charge < -0.3 is 9.91 Å². The lowest BCUT2D eigenvalue weighted by Gasteiger charge is -2.36. The van der Waals surface area contributed by atoms with Crippen molar-refractivity contribution in [3.8, 4) is 5.13 Å². The van der Waals surface area contributed by atoms with Gasteiger partial charge in [0.1, 0.15) is 10.9 Å². The molecule has 0 unspecified atom stereocenters. The van der Waals surface area contributed by atoms with Crippen molar-refractivity contribution in [2.75, 3.05) is 38.2 Å². The topological polar surface area (TPSA) is 80.4 Å². The Labute approximate surface area is 170 Å². The van der Waals surface area contributed by atoms with Crippen LogP contribution in [0.25, 0.3) is 26.3 Å². The molecule has 4 aromatic rings. The fourth-order valence-corrected chi connectivity index (χ4v) is 5.01. The third-order valence-corrected chi connectivity index (χ3v) is 6.63. The lowest BCUT2D eigenvalue weighted by molar-refractivity contribution is -0.334. The van der Waals surface area contributed by atoms with Gasteiger partial charge in [0.05, 0.1) is 15.9 Å². The summed E-state index contributed by atoms with van der Waals surface area (Å²) in [6, 6.07) is 9.47. The van der Waals surface area contributed by atoms with Crippen LogP contribution in [0, 0.1) is 0 Å². The molecule has 1 fully saturated rings. The molecule has 1 aliphatic rings. The second-order valence-corrected chi connectivity index (χ2v) is 8.45. The molecule has 0 bridgehead atoms. The summed E-state index contributed by atoms with van der Waals surface area (Å²) in [6.45, 7) is 5.29. The smallest absolute Gasteiger partial charge is 0.307 e. The van der Waals surface area contributed by atoms with Crippen molar-refractivity contribution < 1.29 is 4.98 Å². The first-order valence-corrected chi connectivity index (χ1v) is 10.6. The molecular formula is C20H23N6O2S+. The molecule has 8 nitrogen and oxygen atoms in total. The molecule has 29 heavy (non-hydrogen) atoms. The van der Waals surface area contributed by atoms with Gasteiger partial charge in [0.2, 0.25) is 0 Å². The van der Waals surface area contributed by atoms with Crippen LogP contribution in [0.15, 0.2) is 39.9 Å². The number of likely N-dealkylation sites (N-methyl/N-ethyl adjacent to an activating group) is 1. The molecule has 1 aliphatic heterocycles. The summed E-state index contributed by atoms with van der Waals surface area (Å²) in [4.78, 5) is 31.9. The molecule has 1 saturated heterocycles. The van der Waals surface area contributed by atoms with Gasteiger partial charge in [-0.1, -0.05) is 23.7 Å². The Kier molecular flexibility index (Phi) is 4.29.